The number of methoxy groups -OCH3 is 1. The molecule has 0 radical (unpaired) electrons. The Labute approximate surface area is 118 Å². The molecule has 1 aromatic carbocycles. The van der Waals surface area contributed by atoms with E-state index in [-0.39, 0.29) is 17.6 Å². The molecule has 2 nitrogen and oxygen atoms in total. The Balaban J connectivity index is 3.23. The molecule has 0 saturated carbocycles. The van der Waals surface area contributed by atoms with E-state index in [1.165, 1.54) is 16.7 Å². The van der Waals surface area contributed by atoms with Crippen LogP contribution >= 0.6 is 0 Å². The number of rotatable bonds is 5. The van der Waals surface area contributed by atoms with Gasteiger partial charge in [0.15, 0.2) is 0 Å². The maximum absolute atomic E-state index is 5.82. The highest BCUT2D eigenvalue weighted by atomic mass is 16.5. The number of hydrogen-bond donors (Lipinski definition) is 1. The van der Waals surface area contributed by atoms with Gasteiger partial charge in [-0.05, 0) is 42.5 Å². The lowest BCUT2D eigenvalue weighted by Gasteiger charge is -2.37. The van der Waals surface area contributed by atoms with Crippen molar-refractivity contribution in [3.05, 3.63) is 34.9 Å². The van der Waals surface area contributed by atoms with E-state index in [0.717, 1.165) is 6.54 Å². The molecule has 0 spiro atoms. The zero-order valence-electron chi connectivity index (χ0n) is 13.5. The predicted octanol–water partition coefficient (Wildman–Crippen LogP) is 4.02. The lowest BCUT2D eigenvalue weighted by molar-refractivity contribution is -0.0117. The molecule has 108 valence electrons. The minimum atomic E-state index is 0.0950. The van der Waals surface area contributed by atoms with Crippen LogP contribution in [0.3, 0.4) is 0 Å². The summed E-state index contributed by atoms with van der Waals surface area (Å²) in [4.78, 5) is 0. The normalized spacial score (nSPS) is 15.3. The SMILES string of the molecule is CCNC(c1cccc(C)c1C)C(OC)C(C)(C)C. The van der Waals surface area contributed by atoms with Crippen molar-refractivity contribution in [1.82, 2.24) is 5.32 Å². The molecule has 0 aliphatic heterocycles. The molecule has 0 aliphatic rings. The van der Waals surface area contributed by atoms with E-state index in [1.807, 2.05) is 7.11 Å². The van der Waals surface area contributed by atoms with E-state index >= 15 is 0 Å². The predicted molar refractivity (Wildman–Crippen MR) is 82.6 cm³/mol. The van der Waals surface area contributed by atoms with Crippen LogP contribution in [-0.4, -0.2) is 19.8 Å². The highest BCUT2D eigenvalue weighted by Crippen LogP contribution is 2.34. The summed E-state index contributed by atoms with van der Waals surface area (Å²) < 4.78 is 5.82. The minimum Gasteiger partial charge on any atom is -0.379 e. The van der Waals surface area contributed by atoms with Crippen LogP contribution in [0.15, 0.2) is 18.2 Å². The molecular weight excluding hydrogens is 234 g/mol. The van der Waals surface area contributed by atoms with E-state index in [0.29, 0.717) is 0 Å². The minimum absolute atomic E-state index is 0.0950. The van der Waals surface area contributed by atoms with Gasteiger partial charge in [-0.25, -0.2) is 0 Å². The zero-order valence-corrected chi connectivity index (χ0v) is 13.5. The molecule has 2 heteroatoms. The smallest absolute Gasteiger partial charge is 0.0814 e. The highest BCUT2D eigenvalue weighted by Gasteiger charge is 2.33. The van der Waals surface area contributed by atoms with E-state index < -0.39 is 0 Å². The van der Waals surface area contributed by atoms with Crippen molar-refractivity contribution in [1.29, 1.82) is 0 Å². The summed E-state index contributed by atoms with van der Waals surface area (Å²) in [6.07, 6.45) is 0.146. The van der Waals surface area contributed by atoms with Crippen molar-refractivity contribution in [2.24, 2.45) is 5.41 Å². The molecule has 0 heterocycles. The number of benzene rings is 1. The van der Waals surface area contributed by atoms with Crippen molar-refractivity contribution in [2.75, 3.05) is 13.7 Å². The number of nitrogens with one attached hydrogen (secondary N) is 1. The second-order valence-electron chi connectivity index (χ2n) is 6.35. The Kier molecular flexibility index (Phi) is 5.57. The number of hydrogen-bond acceptors (Lipinski definition) is 2. The molecule has 19 heavy (non-hydrogen) atoms. The maximum atomic E-state index is 5.82. The van der Waals surface area contributed by atoms with Gasteiger partial charge >= 0.3 is 0 Å². The van der Waals surface area contributed by atoms with Crippen molar-refractivity contribution in [3.8, 4) is 0 Å². The lowest BCUT2D eigenvalue weighted by atomic mass is 9.80. The molecule has 0 aromatic heterocycles. The Morgan fingerprint density at radius 2 is 1.84 bits per heavy atom. The summed E-state index contributed by atoms with van der Waals surface area (Å²) in [6, 6.07) is 6.75. The van der Waals surface area contributed by atoms with Gasteiger partial charge in [0.05, 0.1) is 12.1 Å². The Morgan fingerprint density at radius 3 is 2.32 bits per heavy atom. The molecule has 0 saturated heterocycles. The quantitative estimate of drug-likeness (QED) is 0.866. The summed E-state index contributed by atoms with van der Waals surface area (Å²) in [5, 5.41) is 3.60. The largest absolute Gasteiger partial charge is 0.379 e. The van der Waals surface area contributed by atoms with E-state index in [2.05, 4.69) is 65.1 Å². The Bertz CT molecular complexity index is 406. The van der Waals surface area contributed by atoms with E-state index in [9.17, 15) is 0 Å². The van der Waals surface area contributed by atoms with Crippen LogP contribution in [0.2, 0.25) is 0 Å². The molecule has 1 aromatic rings. The van der Waals surface area contributed by atoms with Crippen LogP contribution in [0.5, 0.6) is 0 Å². The first kappa shape index (κ1) is 16.2. The van der Waals surface area contributed by atoms with Gasteiger partial charge in [0, 0.05) is 7.11 Å². The Hall–Kier alpha value is -0.860. The maximum Gasteiger partial charge on any atom is 0.0814 e. The zero-order chi connectivity index (χ0) is 14.6. The fourth-order valence-corrected chi connectivity index (χ4v) is 2.70. The fourth-order valence-electron chi connectivity index (χ4n) is 2.70. The average Bonchev–Trinajstić information content (AvgIpc) is 2.31. The number of ether oxygens (including phenoxy) is 1. The molecule has 0 bridgehead atoms. The van der Waals surface area contributed by atoms with Crippen LogP contribution in [0.4, 0.5) is 0 Å². The summed E-state index contributed by atoms with van der Waals surface area (Å²) in [6.45, 7) is 14.1. The van der Waals surface area contributed by atoms with Crippen molar-refractivity contribution >= 4 is 0 Å². The topological polar surface area (TPSA) is 21.3 Å². The highest BCUT2D eigenvalue weighted by molar-refractivity contribution is 5.36. The van der Waals surface area contributed by atoms with Gasteiger partial charge in [0.2, 0.25) is 0 Å². The first-order valence-corrected chi connectivity index (χ1v) is 7.15. The second kappa shape index (κ2) is 6.53. The van der Waals surface area contributed by atoms with Gasteiger partial charge in [-0.1, -0.05) is 45.9 Å². The molecule has 1 N–H and O–H groups in total. The molecule has 0 aliphatic carbocycles. The van der Waals surface area contributed by atoms with Gasteiger partial charge in [0.1, 0.15) is 0 Å². The fraction of sp³-hybridized carbons (Fsp3) is 0.647. The van der Waals surface area contributed by atoms with Crippen LogP contribution in [-0.2, 0) is 4.74 Å². The monoisotopic (exact) mass is 263 g/mol. The standard InChI is InChI=1S/C17H29NO/c1-8-18-15(16(19-7)17(4,5)6)14-11-9-10-12(2)13(14)3/h9-11,15-16,18H,8H2,1-7H3. The third-order valence-electron chi connectivity index (χ3n) is 3.82. The van der Waals surface area contributed by atoms with Gasteiger partial charge < -0.3 is 10.1 Å². The summed E-state index contributed by atoms with van der Waals surface area (Å²) in [5.41, 5.74) is 4.14. The lowest BCUT2D eigenvalue weighted by Crippen LogP contribution is -2.41. The van der Waals surface area contributed by atoms with Crippen LogP contribution in [0, 0.1) is 19.3 Å². The average molecular weight is 263 g/mol. The van der Waals surface area contributed by atoms with Crippen LogP contribution in [0.25, 0.3) is 0 Å². The van der Waals surface area contributed by atoms with Crippen molar-refractivity contribution in [3.63, 3.8) is 0 Å². The number of likely N-dealkylation sites (N-methyl/N-ethyl adjacent to an activating group) is 1. The van der Waals surface area contributed by atoms with E-state index in [1.54, 1.807) is 0 Å². The van der Waals surface area contributed by atoms with Crippen LogP contribution < -0.4 is 5.32 Å². The van der Waals surface area contributed by atoms with Gasteiger partial charge in [0.25, 0.3) is 0 Å². The molecule has 1 rings (SSSR count). The first-order chi connectivity index (χ1) is 8.82. The number of aryl methyl sites for hydroxylation is 1. The van der Waals surface area contributed by atoms with Crippen molar-refractivity contribution in [2.45, 2.75) is 53.7 Å². The van der Waals surface area contributed by atoms with Crippen molar-refractivity contribution < 1.29 is 4.74 Å². The third-order valence-corrected chi connectivity index (χ3v) is 3.82. The molecule has 2 unspecified atom stereocenters. The summed E-state index contributed by atoms with van der Waals surface area (Å²) in [7, 11) is 1.81. The van der Waals surface area contributed by atoms with Gasteiger partial charge in [-0.3, -0.25) is 0 Å². The first-order valence-electron chi connectivity index (χ1n) is 7.15. The Morgan fingerprint density at radius 1 is 1.21 bits per heavy atom. The van der Waals surface area contributed by atoms with Gasteiger partial charge in [-0.15, -0.1) is 0 Å². The molecule has 0 amide bonds. The van der Waals surface area contributed by atoms with E-state index in [4.69, 9.17) is 4.74 Å². The molecule has 0 fully saturated rings. The molecular formula is C17H29NO. The van der Waals surface area contributed by atoms with Gasteiger partial charge in [-0.2, -0.15) is 0 Å². The molecule has 2 atom stereocenters. The summed E-state index contributed by atoms with van der Waals surface area (Å²) in [5.74, 6) is 0. The third kappa shape index (κ3) is 3.80. The summed E-state index contributed by atoms with van der Waals surface area (Å²) >= 11 is 0. The van der Waals surface area contributed by atoms with Crippen LogP contribution in [0.1, 0.15) is 50.4 Å². The second-order valence-corrected chi connectivity index (χ2v) is 6.35.